The Labute approximate surface area is 162 Å². The van der Waals surface area contributed by atoms with Gasteiger partial charge >= 0.3 is 0 Å². The number of carbonyl (C=O) groups excluding carboxylic acids is 1. The summed E-state index contributed by atoms with van der Waals surface area (Å²) in [6.07, 6.45) is 2.34. The lowest BCUT2D eigenvalue weighted by atomic mass is 10.0. The maximum Gasteiger partial charge on any atom is 0.230 e. The molecule has 1 saturated carbocycles. The van der Waals surface area contributed by atoms with E-state index in [1.54, 1.807) is 0 Å². The number of hydrogen-bond acceptors (Lipinski definition) is 5. The van der Waals surface area contributed by atoms with Crippen molar-refractivity contribution in [2.75, 3.05) is 5.75 Å². The van der Waals surface area contributed by atoms with Gasteiger partial charge in [-0.3, -0.25) is 9.20 Å². The van der Waals surface area contributed by atoms with Gasteiger partial charge in [-0.2, -0.15) is 0 Å². The van der Waals surface area contributed by atoms with Crippen LogP contribution in [0.1, 0.15) is 41.5 Å². The van der Waals surface area contributed by atoms with Gasteiger partial charge in [0.25, 0.3) is 0 Å². The number of hydrogen-bond donors (Lipinski definition) is 1. The number of nitrogens with zero attached hydrogens (tertiary/aromatic N) is 4. The Balaban J connectivity index is 1.44. The molecule has 1 N–H and O–H groups in total. The summed E-state index contributed by atoms with van der Waals surface area (Å²) in [7, 11) is 0. The van der Waals surface area contributed by atoms with Crippen molar-refractivity contribution >= 4 is 23.3 Å². The lowest BCUT2D eigenvalue weighted by Gasteiger charge is -2.19. The van der Waals surface area contributed by atoms with Crippen LogP contribution in [0.25, 0.3) is 5.65 Å². The predicted octanol–water partition coefficient (Wildman–Crippen LogP) is 3.41. The first-order chi connectivity index (χ1) is 13.0. The highest BCUT2D eigenvalue weighted by Crippen LogP contribution is 2.41. The molecule has 2 heterocycles. The largest absolute Gasteiger partial charge is 0.348 e. The molecule has 1 aliphatic carbocycles. The highest BCUT2D eigenvalue weighted by atomic mass is 32.2. The van der Waals surface area contributed by atoms with E-state index in [2.05, 4.69) is 51.7 Å². The molecule has 7 heteroatoms. The molecule has 1 atom stereocenters. The SMILES string of the molecule is Cc1ccc(C(NC(=O)CSc2nnc3cc(C)nc(C)n23)C2CC2)cc1. The molecule has 1 fully saturated rings. The maximum absolute atomic E-state index is 12.6. The third kappa shape index (κ3) is 3.98. The molecule has 3 aromatic rings. The Hall–Kier alpha value is -2.41. The summed E-state index contributed by atoms with van der Waals surface area (Å²) in [5, 5.41) is 12.3. The van der Waals surface area contributed by atoms with Crippen LogP contribution in [-0.4, -0.2) is 31.2 Å². The molecule has 2 aromatic heterocycles. The average molecular weight is 382 g/mol. The number of carbonyl (C=O) groups is 1. The standard InChI is InChI=1S/C20H23N5OS/c1-12-4-6-15(7-5-12)19(16-8-9-16)22-18(26)11-27-20-24-23-17-10-13(2)21-14(3)25(17)20/h4-7,10,16,19H,8-9,11H2,1-3H3,(H,22,26). The van der Waals surface area contributed by atoms with Gasteiger partial charge in [-0.1, -0.05) is 41.6 Å². The van der Waals surface area contributed by atoms with Crippen LogP contribution in [-0.2, 0) is 4.79 Å². The van der Waals surface area contributed by atoms with Gasteiger partial charge in [0.15, 0.2) is 10.8 Å². The summed E-state index contributed by atoms with van der Waals surface area (Å²) in [6, 6.07) is 10.4. The van der Waals surface area contributed by atoms with Crippen LogP contribution in [0.15, 0.2) is 35.5 Å². The quantitative estimate of drug-likeness (QED) is 0.663. The first-order valence-corrected chi connectivity index (χ1v) is 10.2. The first kappa shape index (κ1) is 18.0. The smallest absolute Gasteiger partial charge is 0.230 e. The van der Waals surface area contributed by atoms with Gasteiger partial charge in [0.05, 0.1) is 11.8 Å². The molecule has 1 unspecified atom stereocenters. The van der Waals surface area contributed by atoms with E-state index in [9.17, 15) is 4.79 Å². The second-order valence-corrected chi connectivity index (χ2v) is 8.15. The monoisotopic (exact) mass is 381 g/mol. The molecule has 140 valence electrons. The number of thioether (sulfide) groups is 1. The highest BCUT2D eigenvalue weighted by molar-refractivity contribution is 7.99. The van der Waals surface area contributed by atoms with Gasteiger partial charge in [-0.15, -0.1) is 10.2 Å². The number of fused-ring (bicyclic) bond motifs is 1. The minimum absolute atomic E-state index is 0.0203. The fraction of sp³-hybridized carbons (Fsp3) is 0.400. The zero-order valence-electron chi connectivity index (χ0n) is 15.8. The molecule has 27 heavy (non-hydrogen) atoms. The molecule has 0 radical (unpaired) electrons. The second-order valence-electron chi connectivity index (χ2n) is 7.20. The third-order valence-corrected chi connectivity index (χ3v) is 5.77. The number of rotatable bonds is 6. The van der Waals surface area contributed by atoms with E-state index in [1.165, 1.54) is 35.7 Å². The van der Waals surface area contributed by atoms with Gasteiger partial charge in [0.1, 0.15) is 5.82 Å². The van der Waals surface area contributed by atoms with Crippen LogP contribution in [0.2, 0.25) is 0 Å². The molecule has 1 amide bonds. The van der Waals surface area contributed by atoms with Crippen molar-refractivity contribution in [3.8, 4) is 0 Å². The second kappa shape index (κ2) is 7.31. The summed E-state index contributed by atoms with van der Waals surface area (Å²) in [4.78, 5) is 17.0. The molecule has 0 saturated heterocycles. The molecule has 4 rings (SSSR count). The normalized spacial score (nSPS) is 15.1. The molecule has 1 aromatic carbocycles. The van der Waals surface area contributed by atoms with Crippen molar-refractivity contribution in [2.45, 2.75) is 44.8 Å². The minimum atomic E-state index is 0.0203. The fourth-order valence-corrected chi connectivity index (χ4v) is 4.12. The molecule has 6 nitrogen and oxygen atoms in total. The molecular formula is C20H23N5OS. The van der Waals surface area contributed by atoms with Crippen LogP contribution >= 0.6 is 11.8 Å². The van der Waals surface area contributed by atoms with E-state index >= 15 is 0 Å². The summed E-state index contributed by atoms with van der Waals surface area (Å²) >= 11 is 1.39. The Kier molecular flexibility index (Phi) is 4.86. The van der Waals surface area contributed by atoms with Crippen molar-refractivity contribution in [3.05, 3.63) is 53.0 Å². The third-order valence-electron chi connectivity index (χ3n) is 4.84. The number of nitrogens with one attached hydrogen (secondary N) is 1. The van der Waals surface area contributed by atoms with Crippen LogP contribution in [0.3, 0.4) is 0 Å². The van der Waals surface area contributed by atoms with Crippen molar-refractivity contribution in [1.29, 1.82) is 0 Å². The van der Waals surface area contributed by atoms with Gasteiger partial charge in [-0.25, -0.2) is 4.98 Å². The van der Waals surface area contributed by atoms with Crippen LogP contribution in [0.5, 0.6) is 0 Å². The lowest BCUT2D eigenvalue weighted by Crippen LogP contribution is -2.31. The first-order valence-electron chi connectivity index (χ1n) is 9.19. The summed E-state index contributed by atoms with van der Waals surface area (Å²) in [6.45, 7) is 5.94. The van der Waals surface area contributed by atoms with Crippen molar-refractivity contribution in [1.82, 2.24) is 24.9 Å². The zero-order valence-corrected chi connectivity index (χ0v) is 16.6. The summed E-state index contributed by atoms with van der Waals surface area (Å²) in [5.74, 6) is 1.70. The van der Waals surface area contributed by atoms with Gasteiger partial charge < -0.3 is 5.32 Å². The average Bonchev–Trinajstić information content (AvgIpc) is 3.39. The number of benzene rings is 1. The van der Waals surface area contributed by atoms with E-state index in [4.69, 9.17) is 0 Å². The minimum Gasteiger partial charge on any atom is -0.348 e. The number of aromatic nitrogens is 4. The summed E-state index contributed by atoms with van der Waals surface area (Å²) in [5.41, 5.74) is 4.09. The number of aryl methyl sites for hydroxylation is 3. The van der Waals surface area contributed by atoms with Crippen molar-refractivity contribution in [2.24, 2.45) is 5.92 Å². The van der Waals surface area contributed by atoms with E-state index in [1.807, 2.05) is 24.3 Å². The Morgan fingerprint density at radius 3 is 2.67 bits per heavy atom. The van der Waals surface area contributed by atoms with Crippen molar-refractivity contribution in [3.63, 3.8) is 0 Å². The zero-order chi connectivity index (χ0) is 19.0. The lowest BCUT2D eigenvalue weighted by molar-refractivity contribution is -0.119. The van der Waals surface area contributed by atoms with E-state index in [-0.39, 0.29) is 11.9 Å². The predicted molar refractivity (Wildman–Crippen MR) is 106 cm³/mol. The molecule has 1 aliphatic rings. The highest BCUT2D eigenvalue weighted by Gasteiger charge is 2.33. The Morgan fingerprint density at radius 1 is 1.22 bits per heavy atom. The molecule has 0 aliphatic heterocycles. The van der Waals surface area contributed by atoms with Gasteiger partial charge in [0, 0.05) is 11.8 Å². The molecule has 0 bridgehead atoms. The summed E-state index contributed by atoms with van der Waals surface area (Å²) < 4.78 is 1.89. The topological polar surface area (TPSA) is 72.2 Å². The Morgan fingerprint density at radius 2 is 1.96 bits per heavy atom. The maximum atomic E-state index is 12.6. The Bertz CT molecular complexity index is 978. The van der Waals surface area contributed by atoms with Crippen LogP contribution in [0, 0.1) is 26.7 Å². The van der Waals surface area contributed by atoms with E-state index in [0.717, 1.165) is 17.2 Å². The number of amides is 1. The fourth-order valence-electron chi connectivity index (χ4n) is 3.32. The van der Waals surface area contributed by atoms with Gasteiger partial charge in [-0.05, 0) is 45.1 Å². The van der Waals surface area contributed by atoms with Crippen LogP contribution < -0.4 is 5.32 Å². The van der Waals surface area contributed by atoms with E-state index < -0.39 is 0 Å². The van der Waals surface area contributed by atoms with Crippen molar-refractivity contribution < 1.29 is 4.79 Å². The van der Waals surface area contributed by atoms with E-state index in [0.29, 0.717) is 16.8 Å². The van der Waals surface area contributed by atoms with Crippen LogP contribution in [0.4, 0.5) is 0 Å². The molecular weight excluding hydrogens is 358 g/mol. The van der Waals surface area contributed by atoms with Gasteiger partial charge in [0.2, 0.25) is 5.91 Å². The molecule has 0 spiro atoms.